The van der Waals surface area contributed by atoms with Gasteiger partial charge >= 0.3 is 0 Å². The molecule has 0 bridgehead atoms. The number of nitrogens with zero attached hydrogens (tertiary/aromatic N) is 4. The van der Waals surface area contributed by atoms with Crippen molar-refractivity contribution in [2.24, 2.45) is 7.05 Å². The van der Waals surface area contributed by atoms with Crippen LogP contribution in [0, 0.1) is 6.92 Å². The Morgan fingerprint density at radius 1 is 1.19 bits per heavy atom. The van der Waals surface area contributed by atoms with Crippen LogP contribution in [0.4, 0.5) is 11.6 Å². The van der Waals surface area contributed by atoms with Gasteiger partial charge in [-0.15, -0.1) is 0 Å². The zero-order valence-corrected chi connectivity index (χ0v) is 13.4. The molecule has 0 aliphatic carbocycles. The minimum atomic E-state index is 0.292. The third-order valence-electron chi connectivity index (χ3n) is 3.38. The summed E-state index contributed by atoms with van der Waals surface area (Å²) in [6, 6.07) is 2.00. The lowest BCUT2D eigenvalue weighted by atomic mass is 10.2. The molecule has 2 aromatic heterocycles. The predicted octanol–water partition coefficient (Wildman–Crippen LogP) is 2.69. The third kappa shape index (κ3) is 3.51. The average molecular weight is 288 g/mol. The number of aryl methyl sites for hydroxylation is 1. The molecule has 0 saturated heterocycles. The van der Waals surface area contributed by atoms with Crippen molar-refractivity contribution in [2.75, 3.05) is 17.2 Å². The number of hydrogen-bond donors (Lipinski definition) is 2. The van der Waals surface area contributed by atoms with Gasteiger partial charge in [0.1, 0.15) is 17.5 Å². The summed E-state index contributed by atoms with van der Waals surface area (Å²) in [5.41, 5.74) is 2.16. The summed E-state index contributed by atoms with van der Waals surface area (Å²) in [5.74, 6) is 2.93. The summed E-state index contributed by atoms with van der Waals surface area (Å²) in [6.07, 6.45) is 1.80. The maximum atomic E-state index is 4.65. The van der Waals surface area contributed by atoms with Crippen molar-refractivity contribution >= 4 is 11.6 Å². The van der Waals surface area contributed by atoms with Crippen LogP contribution in [0.25, 0.3) is 0 Å². The molecule has 0 fully saturated rings. The molecule has 0 radical (unpaired) electrons. The Morgan fingerprint density at radius 2 is 1.86 bits per heavy atom. The normalized spacial score (nSPS) is 11.0. The van der Waals surface area contributed by atoms with Crippen molar-refractivity contribution in [3.05, 3.63) is 29.3 Å². The van der Waals surface area contributed by atoms with E-state index in [0.717, 1.165) is 35.3 Å². The molecule has 2 heterocycles. The molecule has 2 N–H and O–H groups in total. The summed E-state index contributed by atoms with van der Waals surface area (Å²) in [5, 5.41) is 10.9. The highest BCUT2D eigenvalue weighted by Gasteiger charge is 2.13. The molecular weight excluding hydrogens is 264 g/mol. The Balaban J connectivity index is 2.26. The summed E-state index contributed by atoms with van der Waals surface area (Å²) in [7, 11) is 1.94. The largest absolute Gasteiger partial charge is 0.370 e. The average Bonchev–Trinajstić information content (AvgIpc) is 2.85. The molecule has 2 rings (SSSR count). The Morgan fingerprint density at radius 3 is 2.38 bits per heavy atom. The predicted molar refractivity (Wildman–Crippen MR) is 85.6 cm³/mol. The molecule has 2 aromatic rings. The standard InChI is InChI=1S/C15H24N6/c1-6-16-14-11(4)15(20-13(19-14)10(2)3)17-9-12-7-8-18-21(12)5/h7-8,10H,6,9H2,1-5H3,(H2,16,17,19,20). The van der Waals surface area contributed by atoms with E-state index >= 15 is 0 Å². The van der Waals surface area contributed by atoms with Crippen LogP contribution in [0.2, 0.25) is 0 Å². The Bertz CT molecular complexity index is 602. The zero-order chi connectivity index (χ0) is 15.4. The van der Waals surface area contributed by atoms with E-state index in [9.17, 15) is 0 Å². The zero-order valence-electron chi connectivity index (χ0n) is 13.4. The van der Waals surface area contributed by atoms with E-state index in [2.05, 4.69) is 46.5 Å². The molecule has 0 amide bonds. The maximum absolute atomic E-state index is 4.65. The minimum absolute atomic E-state index is 0.292. The fourth-order valence-electron chi connectivity index (χ4n) is 2.05. The molecule has 0 unspecified atom stereocenters. The van der Waals surface area contributed by atoms with Crippen LogP contribution in [-0.4, -0.2) is 26.3 Å². The SMILES string of the molecule is CCNc1nc(C(C)C)nc(NCc2ccnn2C)c1C. The quantitative estimate of drug-likeness (QED) is 0.855. The van der Waals surface area contributed by atoms with E-state index in [1.165, 1.54) is 0 Å². The van der Waals surface area contributed by atoms with Gasteiger partial charge in [-0.05, 0) is 19.9 Å². The maximum Gasteiger partial charge on any atom is 0.135 e. The van der Waals surface area contributed by atoms with E-state index in [1.54, 1.807) is 6.20 Å². The van der Waals surface area contributed by atoms with Gasteiger partial charge in [0.05, 0.1) is 12.2 Å². The molecule has 6 heteroatoms. The molecule has 0 aromatic carbocycles. The molecule has 0 atom stereocenters. The van der Waals surface area contributed by atoms with Crippen molar-refractivity contribution in [1.29, 1.82) is 0 Å². The van der Waals surface area contributed by atoms with Gasteiger partial charge in [0.25, 0.3) is 0 Å². The highest BCUT2D eigenvalue weighted by atomic mass is 15.3. The summed E-state index contributed by atoms with van der Waals surface area (Å²) in [4.78, 5) is 9.26. The topological polar surface area (TPSA) is 67.7 Å². The van der Waals surface area contributed by atoms with Crippen molar-refractivity contribution < 1.29 is 0 Å². The number of aromatic nitrogens is 4. The van der Waals surface area contributed by atoms with Crippen LogP contribution < -0.4 is 10.6 Å². The van der Waals surface area contributed by atoms with E-state index in [-0.39, 0.29) is 0 Å². The van der Waals surface area contributed by atoms with Crippen LogP contribution in [0.15, 0.2) is 12.3 Å². The lowest BCUT2D eigenvalue weighted by Crippen LogP contribution is -2.13. The minimum Gasteiger partial charge on any atom is -0.370 e. The lowest BCUT2D eigenvalue weighted by molar-refractivity contribution is 0.718. The van der Waals surface area contributed by atoms with E-state index in [1.807, 2.05) is 24.7 Å². The second-order valence-electron chi connectivity index (χ2n) is 5.39. The van der Waals surface area contributed by atoms with Gasteiger partial charge in [-0.3, -0.25) is 4.68 Å². The molecule has 21 heavy (non-hydrogen) atoms. The first-order valence-electron chi connectivity index (χ1n) is 7.36. The molecule has 0 aliphatic rings. The monoisotopic (exact) mass is 288 g/mol. The highest BCUT2D eigenvalue weighted by molar-refractivity contribution is 5.57. The van der Waals surface area contributed by atoms with Crippen LogP contribution in [0.3, 0.4) is 0 Å². The Kier molecular flexibility index (Phi) is 4.77. The van der Waals surface area contributed by atoms with Crippen LogP contribution in [0.1, 0.15) is 43.8 Å². The first-order chi connectivity index (χ1) is 10.0. The van der Waals surface area contributed by atoms with Gasteiger partial charge in [-0.25, -0.2) is 9.97 Å². The molecule has 0 spiro atoms. The van der Waals surface area contributed by atoms with Gasteiger partial charge in [-0.2, -0.15) is 5.10 Å². The number of nitrogens with one attached hydrogen (secondary N) is 2. The summed E-state index contributed by atoms with van der Waals surface area (Å²) in [6.45, 7) is 9.84. The van der Waals surface area contributed by atoms with Crippen LogP contribution in [0.5, 0.6) is 0 Å². The molecular formula is C15H24N6. The summed E-state index contributed by atoms with van der Waals surface area (Å²) >= 11 is 0. The first kappa shape index (κ1) is 15.3. The highest BCUT2D eigenvalue weighted by Crippen LogP contribution is 2.23. The van der Waals surface area contributed by atoms with Crippen molar-refractivity contribution in [1.82, 2.24) is 19.7 Å². The van der Waals surface area contributed by atoms with Crippen LogP contribution >= 0.6 is 0 Å². The first-order valence-corrected chi connectivity index (χ1v) is 7.36. The van der Waals surface area contributed by atoms with Crippen LogP contribution in [-0.2, 0) is 13.6 Å². The molecule has 0 saturated carbocycles. The van der Waals surface area contributed by atoms with Crippen molar-refractivity contribution in [3.8, 4) is 0 Å². The van der Waals surface area contributed by atoms with Crippen molar-refractivity contribution in [2.45, 2.75) is 40.2 Å². The molecule has 114 valence electrons. The smallest absolute Gasteiger partial charge is 0.135 e. The number of rotatable bonds is 6. The molecule has 0 aliphatic heterocycles. The van der Waals surface area contributed by atoms with E-state index < -0.39 is 0 Å². The Hall–Kier alpha value is -2.11. The number of anilines is 2. The van der Waals surface area contributed by atoms with Gasteiger partial charge in [0.15, 0.2) is 0 Å². The van der Waals surface area contributed by atoms with Crippen molar-refractivity contribution in [3.63, 3.8) is 0 Å². The van der Waals surface area contributed by atoms with Gasteiger partial charge in [0, 0.05) is 31.3 Å². The fourth-order valence-corrected chi connectivity index (χ4v) is 2.05. The Labute approximate surface area is 126 Å². The second kappa shape index (κ2) is 6.56. The lowest BCUT2D eigenvalue weighted by Gasteiger charge is -2.16. The van der Waals surface area contributed by atoms with Gasteiger partial charge in [-0.1, -0.05) is 13.8 Å². The third-order valence-corrected chi connectivity index (χ3v) is 3.38. The van der Waals surface area contributed by atoms with Gasteiger partial charge in [0.2, 0.25) is 0 Å². The number of hydrogen-bond acceptors (Lipinski definition) is 5. The molecule has 6 nitrogen and oxygen atoms in total. The van der Waals surface area contributed by atoms with E-state index in [0.29, 0.717) is 12.5 Å². The second-order valence-corrected chi connectivity index (χ2v) is 5.39. The summed E-state index contributed by atoms with van der Waals surface area (Å²) < 4.78 is 1.86. The fraction of sp³-hybridized carbons (Fsp3) is 0.533. The van der Waals surface area contributed by atoms with E-state index in [4.69, 9.17) is 0 Å². The van der Waals surface area contributed by atoms with Gasteiger partial charge < -0.3 is 10.6 Å².